The number of nitrogens with one attached hydrogen (secondary N) is 1. The zero-order chi connectivity index (χ0) is 11.3. The third kappa shape index (κ3) is 4.91. The molecule has 5 heteroatoms. The standard InChI is InChI=1S/C11H14N2O2.ClH/c1-13(2)8-11(15)12-9-6-4-3-5-7-10(9)14;/h3-7H,8H2,1-2H3,(H,12,14,15);1H. The van der Waals surface area contributed by atoms with Crippen molar-refractivity contribution in [1.29, 1.82) is 0 Å². The Morgan fingerprint density at radius 2 is 1.88 bits per heavy atom. The van der Waals surface area contributed by atoms with Crippen LogP contribution >= 0.6 is 12.4 Å². The van der Waals surface area contributed by atoms with Gasteiger partial charge in [0, 0.05) is 0 Å². The van der Waals surface area contributed by atoms with Gasteiger partial charge in [0.2, 0.25) is 11.3 Å². The molecular formula is C11H15ClN2O2. The van der Waals surface area contributed by atoms with E-state index in [-0.39, 0.29) is 30.3 Å². The monoisotopic (exact) mass is 242 g/mol. The minimum Gasteiger partial charge on any atom is -0.322 e. The smallest absolute Gasteiger partial charge is 0.238 e. The van der Waals surface area contributed by atoms with Crippen LogP contribution in [0.4, 0.5) is 5.69 Å². The largest absolute Gasteiger partial charge is 0.322 e. The van der Waals surface area contributed by atoms with Crippen molar-refractivity contribution >= 4 is 24.0 Å². The van der Waals surface area contributed by atoms with E-state index in [0.717, 1.165) is 0 Å². The van der Waals surface area contributed by atoms with Gasteiger partial charge in [-0.3, -0.25) is 9.59 Å². The molecule has 0 heterocycles. The average molecular weight is 243 g/mol. The quantitative estimate of drug-likeness (QED) is 0.859. The highest BCUT2D eigenvalue weighted by Gasteiger charge is 2.04. The Kier molecular flexibility index (Phi) is 6.37. The van der Waals surface area contributed by atoms with E-state index in [1.807, 2.05) is 0 Å². The second-order valence-corrected chi connectivity index (χ2v) is 3.47. The molecule has 1 aromatic carbocycles. The van der Waals surface area contributed by atoms with Crippen molar-refractivity contribution in [3.63, 3.8) is 0 Å². The zero-order valence-electron chi connectivity index (χ0n) is 9.27. The molecule has 1 N–H and O–H groups in total. The third-order valence-corrected chi connectivity index (χ3v) is 1.73. The van der Waals surface area contributed by atoms with Crippen LogP contribution in [0.5, 0.6) is 0 Å². The second kappa shape index (κ2) is 6.98. The van der Waals surface area contributed by atoms with Gasteiger partial charge in [-0.2, -0.15) is 0 Å². The number of hydrogen-bond acceptors (Lipinski definition) is 3. The fourth-order valence-corrected chi connectivity index (χ4v) is 1.11. The zero-order valence-corrected chi connectivity index (χ0v) is 10.1. The maximum atomic E-state index is 11.4. The minimum atomic E-state index is -0.191. The molecule has 0 saturated heterocycles. The Bertz CT molecular complexity index is 407. The lowest BCUT2D eigenvalue weighted by Gasteiger charge is -2.08. The first kappa shape index (κ1) is 14.6. The van der Waals surface area contributed by atoms with Crippen LogP contribution in [0.1, 0.15) is 0 Å². The number of halogens is 1. The predicted octanol–water partition coefficient (Wildman–Crippen LogP) is 0.969. The number of amides is 1. The van der Waals surface area contributed by atoms with Crippen LogP contribution in [0.3, 0.4) is 0 Å². The molecule has 88 valence electrons. The van der Waals surface area contributed by atoms with Crippen LogP contribution in [0.25, 0.3) is 0 Å². The van der Waals surface area contributed by atoms with Gasteiger partial charge in [0.1, 0.15) is 0 Å². The van der Waals surface area contributed by atoms with Crippen LogP contribution < -0.4 is 10.7 Å². The van der Waals surface area contributed by atoms with E-state index < -0.39 is 0 Å². The van der Waals surface area contributed by atoms with Gasteiger partial charge < -0.3 is 10.2 Å². The summed E-state index contributed by atoms with van der Waals surface area (Å²) in [6, 6.07) is 8.11. The molecule has 0 fully saturated rings. The second-order valence-electron chi connectivity index (χ2n) is 3.47. The molecule has 1 aromatic rings. The fraction of sp³-hybridized carbons (Fsp3) is 0.273. The summed E-state index contributed by atoms with van der Waals surface area (Å²) in [5, 5.41) is 2.57. The van der Waals surface area contributed by atoms with E-state index >= 15 is 0 Å². The van der Waals surface area contributed by atoms with E-state index in [9.17, 15) is 9.59 Å². The lowest BCUT2D eigenvalue weighted by Crippen LogP contribution is -2.28. The van der Waals surface area contributed by atoms with Gasteiger partial charge in [-0.25, -0.2) is 0 Å². The summed E-state index contributed by atoms with van der Waals surface area (Å²) in [5.41, 5.74) is 0.124. The first-order chi connectivity index (χ1) is 7.09. The Labute approximate surface area is 101 Å². The lowest BCUT2D eigenvalue weighted by atomic mass is 10.4. The topological polar surface area (TPSA) is 49.4 Å². The molecule has 1 amide bonds. The molecule has 0 saturated carbocycles. The van der Waals surface area contributed by atoms with Crippen LogP contribution in [0.15, 0.2) is 35.1 Å². The third-order valence-electron chi connectivity index (χ3n) is 1.73. The lowest BCUT2D eigenvalue weighted by molar-refractivity contribution is -0.116. The number of hydrogen-bond donors (Lipinski definition) is 1. The Morgan fingerprint density at radius 3 is 2.50 bits per heavy atom. The summed E-state index contributed by atoms with van der Waals surface area (Å²) in [6.45, 7) is 0.262. The van der Waals surface area contributed by atoms with Crippen LogP contribution in [-0.2, 0) is 4.79 Å². The highest BCUT2D eigenvalue weighted by Crippen LogP contribution is 1.96. The highest BCUT2D eigenvalue weighted by atomic mass is 35.5. The van der Waals surface area contributed by atoms with Crippen molar-refractivity contribution in [1.82, 2.24) is 4.90 Å². The minimum absolute atomic E-state index is 0. The normalized spacial score (nSPS) is 9.44. The first-order valence-electron chi connectivity index (χ1n) is 4.63. The Morgan fingerprint density at radius 1 is 1.25 bits per heavy atom. The fourth-order valence-electron chi connectivity index (χ4n) is 1.11. The molecule has 16 heavy (non-hydrogen) atoms. The number of carbonyl (C=O) groups is 1. The molecule has 0 unspecified atom stereocenters. The van der Waals surface area contributed by atoms with Crippen LogP contribution in [0.2, 0.25) is 0 Å². The van der Waals surface area contributed by atoms with E-state index in [4.69, 9.17) is 0 Å². The number of nitrogens with zero attached hydrogens (tertiary/aromatic N) is 1. The van der Waals surface area contributed by atoms with Crippen molar-refractivity contribution in [2.45, 2.75) is 0 Å². The van der Waals surface area contributed by atoms with Gasteiger partial charge in [0.15, 0.2) is 0 Å². The molecular weight excluding hydrogens is 228 g/mol. The molecule has 0 aliphatic heterocycles. The van der Waals surface area contributed by atoms with Gasteiger partial charge in [-0.1, -0.05) is 18.2 Å². The van der Waals surface area contributed by atoms with Gasteiger partial charge in [0.25, 0.3) is 0 Å². The van der Waals surface area contributed by atoms with Gasteiger partial charge in [-0.15, -0.1) is 12.4 Å². The van der Waals surface area contributed by atoms with E-state index in [2.05, 4.69) is 5.32 Å². The van der Waals surface area contributed by atoms with E-state index in [1.54, 1.807) is 43.3 Å². The van der Waals surface area contributed by atoms with Crippen LogP contribution in [0, 0.1) is 0 Å². The van der Waals surface area contributed by atoms with E-state index in [1.165, 1.54) is 6.07 Å². The Hall–Kier alpha value is -1.39. The SMILES string of the molecule is CN(C)CC(=O)Nc1cccccc1=O.Cl. The molecule has 0 radical (unpaired) electrons. The summed E-state index contributed by atoms with van der Waals surface area (Å²) in [5.74, 6) is -0.191. The summed E-state index contributed by atoms with van der Waals surface area (Å²) >= 11 is 0. The summed E-state index contributed by atoms with van der Waals surface area (Å²) in [7, 11) is 3.59. The Balaban J connectivity index is 0.00000225. The summed E-state index contributed by atoms with van der Waals surface area (Å²) in [4.78, 5) is 24.5. The maximum Gasteiger partial charge on any atom is 0.238 e. The van der Waals surface area contributed by atoms with Gasteiger partial charge >= 0.3 is 0 Å². The summed E-state index contributed by atoms with van der Waals surface area (Å²) in [6.07, 6.45) is 0. The molecule has 0 aromatic heterocycles. The molecule has 4 nitrogen and oxygen atoms in total. The molecule has 0 atom stereocenters. The number of anilines is 1. The molecule has 1 rings (SSSR count). The van der Waals surface area contributed by atoms with Crippen molar-refractivity contribution in [3.05, 3.63) is 40.6 Å². The first-order valence-corrected chi connectivity index (χ1v) is 4.63. The highest BCUT2D eigenvalue weighted by molar-refractivity contribution is 5.92. The van der Waals surface area contributed by atoms with Gasteiger partial charge in [-0.05, 0) is 26.2 Å². The number of carbonyl (C=O) groups excluding carboxylic acids is 1. The maximum absolute atomic E-state index is 11.4. The van der Waals surface area contributed by atoms with Gasteiger partial charge in [0.05, 0.1) is 12.2 Å². The molecule has 0 aliphatic rings. The van der Waals surface area contributed by atoms with Crippen molar-refractivity contribution < 1.29 is 4.79 Å². The summed E-state index contributed by atoms with van der Waals surface area (Å²) < 4.78 is 0. The molecule has 0 spiro atoms. The average Bonchev–Trinajstić information content (AvgIpc) is 2.30. The number of likely N-dealkylation sites (N-methyl/N-ethyl adjacent to an activating group) is 1. The van der Waals surface area contributed by atoms with E-state index in [0.29, 0.717) is 5.69 Å². The van der Waals surface area contributed by atoms with Crippen molar-refractivity contribution in [3.8, 4) is 0 Å². The predicted molar refractivity (Wildman–Crippen MR) is 67.1 cm³/mol. The van der Waals surface area contributed by atoms with Crippen LogP contribution in [-0.4, -0.2) is 31.4 Å². The van der Waals surface area contributed by atoms with Crippen molar-refractivity contribution in [2.24, 2.45) is 0 Å². The van der Waals surface area contributed by atoms with Crippen molar-refractivity contribution in [2.75, 3.05) is 26.0 Å². The number of rotatable bonds is 3. The molecule has 0 bridgehead atoms. The molecule has 0 aliphatic carbocycles.